The molecule has 0 spiro atoms. The van der Waals surface area contributed by atoms with E-state index in [-0.39, 0.29) is 0 Å². The Hall–Kier alpha value is -0.435. The second-order valence-electron chi connectivity index (χ2n) is 3.05. The predicted molar refractivity (Wildman–Crippen MR) is 60.8 cm³/mol. The summed E-state index contributed by atoms with van der Waals surface area (Å²) in [4.78, 5) is 8.43. The summed E-state index contributed by atoms with van der Waals surface area (Å²) < 4.78 is 0. The van der Waals surface area contributed by atoms with E-state index in [4.69, 9.17) is 11.6 Å². The average Bonchev–Trinajstić information content (AvgIpc) is 3.03. The molecular formula is C8H9B3ClN2. The topological polar surface area (TPSA) is 25.8 Å². The van der Waals surface area contributed by atoms with E-state index in [9.17, 15) is 0 Å². The van der Waals surface area contributed by atoms with E-state index in [1.807, 2.05) is 12.4 Å². The van der Waals surface area contributed by atoms with Gasteiger partial charge < -0.3 is 0 Å². The molecule has 1 heterocycles. The van der Waals surface area contributed by atoms with Crippen molar-refractivity contribution in [3.63, 3.8) is 0 Å². The number of nitrogens with zero attached hydrogens (tertiary/aromatic N) is 2. The number of aromatic nitrogens is 2. The van der Waals surface area contributed by atoms with Crippen molar-refractivity contribution < 1.29 is 0 Å². The van der Waals surface area contributed by atoms with Crippen molar-refractivity contribution in [3.05, 3.63) is 23.8 Å². The Bertz CT molecular complexity index is 264. The molecule has 0 amide bonds. The van der Waals surface area contributed by atoms with Crippen LogP contribution in [0.3, 0.4) is 0 Å². The molecule has 1 fully saturated rings. The first kappa shape index (κ1) is 11.6. The lowest BCUT2D eigenvalue weighted by Gasteiger charge is -1.96. The maximum atomic E-state index is 5.59. The molecule has 0 atom stereocenters. The first-order chi connectivity index (χ1) is 6.81. The molecule has 0 saturated heterocycles. The number of hydrogen-bond donors (Lipinski definition) is 0. The highest BCUT2D eigenvalue weighted by molar-refractivity contribution is 7.17. The summed E-state index contributed by atoms with van der Waals surface area (Å²) in [6.45, 7) is 0. The monoisotopic (exact) mass is 201 g/mol. The van der Waals surface area contributed by atoms with Crippen molar-refractivity contribution in [1.82, 2.24) is 9.97 Å². The lowest BCUT2D eigenvalue weighted by atomic mass is 9.40. The molecule has 14 heavy (non-hydrogen) atoms. The van der Waals surface area contributed by atoms with E-state index >= 15 is 0 Å². The summed E-state index contributed by atoms with van der Waals surface area (Å²) in [6, 6.07) is 0. The number of halogens is 1. The molecule has 1 saturated carbocycles. The quantitative estimate of drug-likeness (QED) is 0.525. The van der Waals surface area contributed by atoms with Crippen LogP contribution in [0, 0.1) is 0 Å². The molecule has 6 heteroatoms. The van der Waals surface area contributed by atoms with Crippen LogP contribution in [0.2, 0.25) is 0 Å². The lowest BCUT2D eigenvalue weighted by molar-refractivity contribution is 0.915. The van der Waals surface area contributed by atoms with E-state index < -0.39 is 0 Å². The number of rotatable bonds is 2. The van der Waals surface area contributed by atoms with Gasteiger partial charge in [-0.3, -0.25) is 0 Å². The molecular weight excluding hydrogens is 192 g/mol. The molecule has 0 bridgehead atoms. The third-order valence-corrected chi connectivity index (χ3v) is 2.13. The van der Waals surface area contributed by atoms with Gasteiger partial charge in [0.1, 0.15) is 5.82 Å². The predicted octanol–water partition coefficient (Wildman–Crippen LogP) is 0.950. The van der Waals surface area contributed by atoms with Crippen molar-refractivity contribution in [2.75, 3.05) is 0 Å². The minimum atomic E-state index is 0.505. The van der Waals surface area contributed by atoms with Crippen LogP contribution in [-0.4, -0.2) is 32.5 Å². The molecule has 0 N–H and O–H groups in total. The van der Waals surface area contributed by atoms with Crippen molar-refractivity contribution in [2.24, 2.45) is 0 Å². The van der Waals surface area contributed by atoms with Gasteiger partial charge in [0.2, 0.25) is 0 Å². The summed E-state index contributed by atoms with van der Waals surface area (Å²) in [5.41, 5.74) is 0.996. The average molecular weight is 201 g/mol. The van der Waals surface area contributed by atoms with Gasteiger partial charge in [0, 0.05) is 46.4 Å². The van der Waals surface area contributed by atoms with Crippen molar-refractivity contribution >= 4 is 34.1 Å². The van der Waals surface area contributed by atoms with E-state index in [2.05, 4.69) is 25.4 Å². The second kappa shape index (κ2) is 6.12. The van der Waals surface area contributed by atoms with E-state index in [1.54, 1.807) is 0 Å². The van der Waals surface area contributed by atoms with Crippen molar-refractivity contribution in [2.45, 2.75) is 24.6 Å². The molecule has 1 aromatic heterocycles. The summed E-state index contributed by atoms with van der Waals surface area (Å²) >= 11 is 5.59. The zero-order chi connectivity index (χ0) is 10.4. The Morgan fingerprint density at radius 2 is 1.86 bits per heavy atom. The summed E-state index contributed by atoms with van der Waals surface area (Å²) in [7, 11) is 10.0. The third-order valence-electron chi connectivity index (χ3n) is 1.82. The van der Waals surface area contributed by atoms with Crippen molar-refractivity contribution in [3.8, 4) is 0 Å². The molecule has 1 aliphatic rings. The molecule has 67 valence electrons. The number of hydrogen-bond acceptors (Lipinski definition) is 2. The smallest absolute Gasteiger partial charge is 0.131 e. The van der Waals surface area contributed by atoms with Crippen LogP contribution >= 0.6 is 11.6 Å². The molecule has 1 aliphatic carbocycles. The van der Waals surface area contributed by atoms with Gasteiger partial charge in [-0.15, -0.1) is 11.6 Å². The molecule has 2 rings (SSSR count). The largest absolute Gasteiger partial charge is 0.241 e. The molecule has 0 aromatic carbocycles. The minimum Gasteiger partial charge on any atom is -0.241 e. The van der Waals surface area contributed by atoms with Crippen LogP contribution in [-0.2, 0) is 5.88 Å². The first-order valence-electron chi connectivity index (χ1n) is 4.43. The molecule has 1 aromatic rings. The maximum absolute atomic E-state index is 5.59. The Morgan fingerprint density at radius 1 is 1.36 bits per heavy atom. The fourth-order valence-corrected chi connectivity index (χ4v) is 1.12. The zero-order valence-electron chi connectivity index (χ0n) is 7.86. The van der Waals surface area contributed by atoms with Crippen LogP contribution in [0.5, 0.6) is 0 Å². The minimum absolute atomic E-state index is 0.505. The SMILES string of the molecule is ClCc1cnc(C2CC2)nc1.[B][B][B]. The van der Waals surface area contributed by atoms with Crippen LogP contribution in [0.25, 0.3) is 0 Å². The van der Waals surface area contributed by atoms with Crippen LogP contribution in [0.1, 0.15) is 30.1 Å². The molecule has 0 aliphatic heterocycles. The third kappa shape index (κ3) is 3.75. The second-order valence-corrected chi connectivity index (χ2v) is 3.32. The van der Waals surface area contributed by atoms with Gasteiger partial charge in [0.05, 0.1) is 5.88 Å². The Morgan fingerprint density at radius 3 is 2.21 bits per heavy atom. The van der Waals surface area contributed by atoms with E-state index in [0.717, 1.165) is 18.4 Å². The van der Waals surface area contributed by atoms with Gasteiger partial charge in [0.25, 0.3) is 0 Å². The standard InChI is InChI=1S/C8H9ClN2.B3/c9-3-6-4-10-8(11-5-6)7-1-2-7;1-3-2/h4-5,7H,1-3H2;. The van der Waals surface area contributed by atoms with Gasteiger partial charge in [-0.1, -0.05) is 0 Å². The van der Waals surface area contributed by atoms with Crippen LogP contribution < -0.4 is 0 Å². The fraction of sp³-hybridized carbons (Fsp3) is 0.500. The Kier molecular flexibility index (Phi) is 5.09. The molecule has 5 radical (unpaired) electrons. The van der Waals surface area contributed by atoms with E-state index in [0.29, 0.717) is 11.8 Å². The van der Waals surface area contributed by atoms with Gasteiger partial charge in [-0.25, -0.2) is 9.97 Å². The van der Waals surface area contributed by atoms with Gasteiger partial charge in [-0.05, 0) is 12.8 Å². The number of alkyl halides is 1. The highest BCUT2D eigenvalue weighted by Gasteiger charge is 2.25. The highest BCUT2D eigenvalue weighted by atomic mass is 35.5. The van der Waals surface area contributed by atoms with Gasteiger partial charge in [-0.2, -0.15) is 0 Å². The summed E-state index contributed by atoms with van der Waals surface area (Å²) in [5, 5.41) is 0. The first-order valence-corrected chi connectivity index (χ1v) is 4.97. The van der Waals surface area contributed by atoms with Gasteiger partial charge in [0.15, 0.2) is 0 Å². The van der Waals surface area contributed by atoms with Gasteiger partial charge >= 0.3 is 0 Å². The highest BCUT2D eigenvalue weighted by Crippen LogP contribution is 2.37. The Labute approximate surface area is 92.9 Å². The van der Waals surface area contributed by atoms with E-state index in [1.165, 1.54) is 12.8 Å². The van der Waals surface area contributed by atoms with Crippen LogP contribution in [0.15, 0.2) is 12.4 Å². The van der Waals surface area contributed by atoms with Crippen LogP contribution in [0.4, 0.5) is 0 Å². The van der Waals surface area contributed by atoms with Crippen molar-refractivity contribution in [1.29, 1.82) is 0 Å². The summed E-state index contributed by atoms with van der Waals surface area (Å²) in [6.07, 6.45) is 6.13. The summed E-state index contributed by atoms with van der Waals surface area (Å²) in [5.74, 6) is 2.13. The fourth-order valence-electron chi connectivity index (χ4n) is 0.986. The zero-order valence-corrected chi connectivity index (χ0v) is 8.61. The lowest BCUT2D eigenvalue weighted by Crippen LogP contribution is -1.92. The molecule has 2 nitrogen and oxygen atoms in total. The maximum Gasteiger partial charge on any atom is 0.131 e. The Balaban J connectivity index is 0.000000293. The molecule has 0 unspecified atom stereocenters. The normalized spacial score (nSPS) is 14.1.